The number of carbonyl (C=O) groups is 2. The molecular weight excluding hydrogens is 274 g/mol. The number of esters is 1. The van der Waals surface area contributed by atoms with Gasteiger partial charge in [-0.15, -0.1) is 0 Å². The third-order valence-corrected chi connectivity index (χ3v) is 2.77. The number of hydrogen-bond donors (Lipinski definition) is 1. The third kappa shape index (κ3) is 3.85. The zero-order chi connectivity index (χ0) is 15.2. The van der Waals surface area contributed by atoms with Crippen molar-refractivity contribution in [2.24, 2.45) is 0 Å². The highest BCUT2D eigenvalue weighted by Crippen LogP contribution is 2.15. The summed E-state index contributed by atoms with van der Waals surface area (Å²) in [7, 11) is 1.56. The molecule has 1 unspecified atom stereocenters. The number of furan rings is 1. The van der Waals surface area contributed by atoms with Gasteiger partial charge in [0.15, 0.2) is 6.10 Å². The summed E-state index contributed by atoms with van der Waals surface area (Å²) in [6.07, 6.45) is 1.70. The van der Waals surface area contributed by atoms with Gasteiger partial charge >= 0.3 is 5.97 Å². The van der Waals surface area contributed by atoms with E-state index in [1.54, 1.807) is 31.4 Å². The van der Waals surface area contributed by atoms with Crippen LogP contribution in [0.25, 0.3) is 0 Å². The van der Waals surface area contributed by atoms with Gasteiger partial charge in [0.2, 0.25) is 0 Å². The van der Waals surface area contributed by atoms with Crippen LogP contribution in [0.5, 0.6) is 5.75 Å². The first-order valence-corrected chi connectivity index (χ1v) is 6.28. The maximum absolute atomic E-state index is 11.9. The molecule has 21 heavy (non-hydrogen) atoms. The monoisotopic (exact) mass is 289 g/mol. The summed E-state index contributed by atoms with van der Waals surface area (Å²) in [6, 6.07) is 8.30. The van der Waals surface area contributed by atoms with Crippen molar-refractivity contribution in [3.05, 3.63) is 48.4 Å². The van der Waals surface area contributed by atoms with Gasteiger partial charge < -0.3 is 19.2 Å². The average Bonchev–Trinajstić information content (AvgIpc) is 3.02. The fraction of sp³-hybridized carbons (Fsp3) is 0.200. The molecule has 2 aromatic rings. The molecule has 0 radical (unpaired) electrons. The van der Waals surface area contributed by atoms with Gasteiger partial charge in [0.1, 0.15) is 12.0 Å². The fourth-order valence-corrected chi connectivity index (χ4v) is 1.58. The van der Waals surface area contributed by atoms with Crippen molar-refractivity contribution in [1.29, 1.82) is 0 Å². The summed E-state index contributed by atoms with van der Waals surface area (Å²) in [5, 5.41) is 2.65. The molecule has 0 saturated heterocycles. The van der Waals surface area contributed by atoms with Crippen LogP contribution in [-0.4, -0.2) is 25.1 Å². The van der Waals surface area contributed by atoms with Gasteiger partial charge in [-0.3, -0.25) is 4.79 Å². The standard InChI is InChI=1S/C15H15NO5/c1-10(21-15(18)11-7-8-20-9-11)14(17)16-12-3-5-13(19-2)6-4-12/h3-10H,1-2H3,(H,16,17). The lowest BCUT2D eigenvalue weighted by Gasteiger charge is -2.13. The average molecular weight is 289 g/mol. The number of ether oxygens (including phenoxy) is 2. The summed E-state index contributed by atoms with van der Waals surface area (Å²) in [5.74, 6) is -0.342. The SMILES string of the molecule is COc1ccc(NC(=O)C(C)OC(=O)c2ccoc2)cc1. The zero-order valence-corrected chi connectivity index (χ0v) is 11.7. The van der Waals surface area contributed by atoms with E-state index in [1.807, 2.05) is 0 Å². The maximum atomic E-state index is 11.9. The topological polar surface area (TPSA) is 77.8 Å². The van der Waals surface area contributed by atoms with Gasteiger partial charge in [0.05, 0.1) is 18.9 Å². The van der Waals surface area contributed by atoms with Crippen molar-refractivity contribution >= 4 is 17.6 Å². The minimum Gasteiger partial charge on any atom is -0.497 e. The van der Waals surface area contributed by atoms with Crippen LogP contribution in [0.15, 0.2) is 47.3 Å². The number of nitrogens with one attached hydrogen (secondary N) is 1. The number of benzene rings is 1. The molecule has 0 bridgehead atoms. The van der Waals surface area contributed by atoms with Crippen LogP contribution < -0.4 is 10.1 Å². The number of anilines is 1. The van der Waals surface area contributed by atoms with Crippen molar-refractivity contribution in [3.63, 3.8) is 0 Å². The summed E-state index contributed by atoms with van der Waals surface area (Å²) in [6.45, 7) is 1.50. The highest BCUT2D eigenvalue weighted by molar-refractivity contribution is 5.97. The van der Waals surface area contributed by atoms with Crippen LogP contribution in [0.4, 0.5) is 5.69 Å². The molecule has 1 atom stereocenters. The normalized spacial score (nSPS) is 11.5. The van der Waals surface area contributed by atoms with Gasteiger partial charge in [-0.05, 0) is 37.3 Å². The van der Waals surface area contributed by atoms with Crippen LogP contribution in [0.3, 0.4) is 0 Å². The molecule has 1 amide bonds. The first kappa shape index (κ1) is 14.6. The van der Waals surface area contributed by atoms with Gasteiger partial charge in [-0.2, -0.15) is 0 Å². The summed E-state index contributed by atoms with van der Waals surface area (Å²) in [4.78, 5) is 23.6. The van der Waals surface area contributed by atoms with Crippen molar-refractivity contribution in [2.45, 2.75) is 13.0 Å². The van der Waals surface area contributed by atoms with Gasteiger partial charge in [0.25, 0.3) is 5.91 Å². The highest BCUT2D eigenvalue weighted by Gasteiger charge is 2.19. The van der Waals surface area contributed by atoms with E-state index >= 15 is 0 Å². The Morgan fingerprint density at radius 2 is 1.90 bits per heavy atom. The lowest BCUT2D eigenvalue weighted by Crippen LogP contribution is -2.29. The first-order chi connectivity index (χ1) is 10.1. The minimum atomic E-state index is -0.922. The number of carbonyl (C=O) groups excluding carboxylic acids is 2. The lowest BCUT2D eigenvalue weighted by atomic mass is 10.3. The molecule has 6 nitrogen and oxygen atoms in total. The molecule has 0 saturated carbocycles. The Bertz CT molecular complexity index is 604. The van der Waals surface area contributed by atoms with Crippen LogP contribution in [0, 0.1) is 0 Å². The van der Waals surface area contributed by atoms with Crippen molar-refractivity contribution in [1.82, 2.24) is 0 Å². The van der Waals surface area contributed by atoms with E-state index in [4.69, 9.17) is 13.9 Å². The molecule has 0 aliphatic heterocycles. The number of hydrogen-bond acceptors (Lipinski definition) is 5. The van der Waals surface area contributed by atoms with Crippen LogP contribution >= 0.6 is 0 Å². The summed E-state index contributed by atoms with van der Waals surface area (Å²) in [5.41, 5.74) is 0.853. The first-order valence-electron chi connectivity index (χ1n) is 6.28. The minimum absolute atomic E-state index is 0.263. The molecule has 1 aromatic heterocycles. The van der Waals surface area contributed by atoms with E-state index in [9.17, 15) is 9.59 Å². The smallest absolute Gasteiger partial charge is 0.342 e. The Morgan fingerprint density at radius 1 is 1.19 bits per heavy atom. The van der Waals surface area contributed by atoms with E-state index in [2.05, 4.69) is 5.32 Å². The molecule has 2 rings (SSSR count). The quantitative estimate of drug-likeness (QED) is 0.855. The van der Waals surface area contributed by atoms with E-state index < -0.39 is 18.0 Å². The Labute approximate surface area is 121 Å². The van der Waals surface area contributed by atoms with Crippen LogP contribution in [0.2, 0.25) is 0 Å². The molecule has 110 valence electrons. The summed E-state index contributed by atoms with van der Waals surface area (Å²) >= 11 is 0. The molecule has 1 aromatic carbocycles. The summed E-state index contributed by atoms with van der Waals surface area (Å²) < 4.78 is 14.8. The molecule has 6 heteroatoms. The van der Waals surface area contributed by atoms with Gasteiger partial charge in [0, 0.05) is 5.69 Å². The number of amides is 1. The molecule has 0 aliphatic rings. The van der Waals surface area contributed by atoms with E-state index in [0.717, 1.165) is 0 Å². The Balaban J connectivity index is 1.91. The van der Waals surface area contributed by atoms with Crippen molar-refractivity contribution < 1.29 is 23.5 Å². The second-order valence-corrected chi connectivity index (χ2v) is 4.28. The molecular formula is C15H15NO5. The van der Waals surface area contributed by atoms with Crippen molar-refractivity contribution in [3.8, 4) is 5.75 Å². The van der Waals surface area contributed by atoms with E-state index in [1.165, 1.54) is 25.5 Å². The molecule has 0 spiro atoms. The number of rotatable bonds is 5. The molecule has 1 N–H and O–H groups in total. The predicted molar refractivity (Wildman–Crippen MR) is 75.2 cm³/mol. The van der Waals surface area contributed by atoms with E-state index in [-0.39, 0.29) is 5.56 Å². The number of methoxy groups -OCH3 is 1. The Kier molecular flexibility index (Phi) is 4.61. The lowest BCUT2D eigenvalue weighted by molar-refractivity contribution is -0.123. The highest BCUT2D eigenvalue weighted by atomic mass is 16.5. The van der Waals surface area contributed by atoms with Gasteiger partial charge in [-0.25, -0.2) is 4.79 Å². The van der Waals surface area contributed by atoms with Crippen LogP contribution in [-0.2, 0) is 9.53 Å². The second kappa shape index (κ2) is 6.60. The maximum Gasteiger partial charge on any atom is 0.342 e. The second-order valence-electron chi connectivity index (χ2n) is 4.28. The van der Waals surface area contributed by atoms with Gasteiger partial charge in [-0.1, -0.05) is 0 Å². The fourth-order valence-electron chi connectivity index (χ4n) is 1.58. The van der Waals surface area contributed by atoms with E-state index in [0.29, 0.717) is 11.4 Å². The largest absolute Gasteiger partial charge is 0.497 e. The van der Waals surface area contributed by atoms with Crippen molar-refractivity contribution in [2.75, 3.05) is 12.4 Å². The molecule has 1 heterocycles. The third-order valence-electron chi connectivity index (χ3n) is 2.77. The Hall–Kier alpha value is -2.76. The molecule has 0 aliphatic carbocycles. The predicted octanol–water partition coefficient (Wildman–Crippen LogP) is 2.47. The molecule has 0 fully saturated rings. The van der Waals surface area contributed by atoms with Crippen LogP contribution in [0.1, 0.15) is 17.3 Å². The zero-order valence-electron chi connectivity index (χ0n) is 11.7. The Morgan fingerprint density at radius 3 is 2.48 bits per heavy atom.